The number of hydrogen-bond acceptors (Lipinski definition) is 2. The smallest absolute Gasteiger partial charge is 0.308 e. The lowest BCUT2D eigenvalue weighted by Gasteiger charge is -2.20. The molecule has 5 nitrogen and oxygen atoms in total. The zero-order valence-electron chi connectivity index (χ0n) is 11.6. The molecule has 2 rings (SSSR count). The summed E-state index contributed by atoms with van der Waals surface area (Å²) in [7, 11) is 1.63. The molecule has 0 radical (unpaired) electrons. The number of carboxylic acid groups (broad SMARTS) is 1. The number of aliphatic carboxylic acids is 1. The maximum atomic E-state index is 12.1. The van der Waals surface area contributed by atoms with Crippen molar-refractivity contribution in [3.8, 4) is 0 Å². The average Bonchev–Trinajstić information content (AvgIpc) is 2.82. The molecule has 1 amide bonds. The minimum absolute atomic E-state index is 0.0977. The molecule has 106 valence electrons. The molecule has 2 aromatic rings. The van der Waals surface area contributed by atoms with Crippen molar-refractivity contribution in [2.45, 2.75) is 13.5 Å². The lowest BCUT2D eigenvalue weighted by atomic mass is 10.2. The monoisotopic (exact) mass is 274 g/mol. The lowest BCUT2D eigenvalue weighted by molar-refractivity contribution is -0.142. The van der Waals surface area contributed by atoms with Gasteiger partial charge in [0, 0.05) is 25.3 Å². The van der Waals surface area contributed by atoms with E-state index in [9.17, 15) is 9.59 Å². The van der Waals surface area contributed by atoms with Gasteiger partial charge in [0.2, 0.25) is 5.91 Å². The molecule has 5 heteroatoms. The SMILES string of the molecule is CC(CN(C)C(=O)Cn1ccc2ccccc21)C(=O)O. The molecule has 1 aromatic heterocycles. The Bertz CT molecular complexity index is 633. The summed E-state index contributed by atoms with van der Waals surface area (Å²) in [5.74, 6) is -1.55. The number of nitrogens with zero attached hydrogens (tertiary/aromatic N) is 2. The van der Waals surface area contributed by atoms with Gasteiger partial charge in [0.1, 0.15) is 6.54 Å². The van der Waals surface area contributed by atoms with Gasteiger partial charge in [-0.15, -0.1) is 0 Å². The number of aromatic nitrogens is 1. The normalized spacial score (nSPS) is 12.3. The molecule has 1 heterocycles. The van der Waals surface area contributed by atoms with Gasteiger partial charge < -0.3 is 14.6 Å². The van der Waals surface area contributed by atoms with Crippen molar-refractivity contribution in [1.82, 2.24) is 9.47 Å². The van der Waals surface area contributed by atoms with Gasteiger partial charge in [-0.05, 0) is 17.5 Å². The van der Waals surface area contributed by atoms with E-state index >= 15 is 0 Å². The number of carbonyl (C=O) groups excluding carboxylic acids is 1. The van der Waals surface area contributed by atoms with E-state index < -0.39 is 11.9 Å². The summed E-state index contributed by atoms with van der Waals surface area (Å²) < 4.78 is 1.87. The number of amides is 1. The van der Waals surface area contributed by atoms with E-state index in [0.29, 0.717) is 0 Å². The second kappa shape index (κ2) is 5.77. The van der Waals surface area contributed by atoms with Crippen LogP contribution >= 0.6 is 0 Å². The first kappa shape index (κ1) is 14.1. The third-order valence-electron chi connectivity index (χ3n) is 3.38. The van der Waals surface area contributed by atoms with E-state index in [4.69, 9.17) is 5.11 Å². The zero-order chi connectivity index (χ0) is 14.7. The van der Waals surface area contributed by atoms with Crippen LogP contribution < -0.4 is 0 Å². The molecule has 0 aliphatic carbocycles. The van der Waals surface area contributed by atoms with Crippen molar-refractivity contribution < 1.29 is 14.7 Å². The Morgan fingerprint density at radius 1 is 1.30 bits per heavy atom. The van der Waals surface area contributed by atoms with Crippen LogP contribution in [0.25, 0.3) is 10.9 Å². The quantitative estimate of drug-likeness (QED) is 0.904. The Balaban J connectivity index is 2.06. The topological polar surface area (TPSA) is 62.5 Å². The average molecular weight is 274 g/mol. The number of hydrogen-bond donors (Lipinski definition) is 1. The summed E-state index contributed by atoms with van der Waals surface area (Å²) in [6.45, 7) is 2.03. The highest BCUT2D eigenvalue weighted by Gasteiger charge is 2.17. The van der Waals surface area contributed by atoms with Crippen LogP contribution in [0.15, 0.2) is 36.5 Å². The summed E-state index contributed by atoms with van der Waals surface area (Å²) in [6, 6.07) is 9.80. The molecule has 0 aliphatic heterocycles. The zero-order valence-corrected chi connectivity index (χ0v) is 11.6. The summed E-state index contributed by atoms with van der Waals surface area (Å²) in [4.78, 5) is 24.4. The molecule has 0 fully saturated rings. The summed E-state index contributed by atoms with van der Waals surface area (Å²) in [5, 5.41) is 9.95. The lowest BCUT2D eigenvalue weighted by Crippen LogP contribution is -2.35. The van der Waals surface area contributed by atoms with Crippen LogP contribution in [0.3, 0.4) is 0 Å². The molecule has 0 aliphatic rings. The van der Waals surface area contributed by atoms with Gasteiger partial charge in [0.05, 0.1) is 5.92 Å². The minimum Gasteiger partial charge on any atom is -0.481 e. The minimum atomic E-state index is -0.893. The van der Waals surface area contributed by atoms with Gasteiger partial charge in [0.25, 0.3) is 0 Å². The van der Waals surface area contributed by atoms with Crippen molar-refractivity contribution >= 4 is 22.8 Å². The maximum absolute atomic E-state index is 12.1. The summed E-state index contributed by atoms with van der Waals surface area (Å²) in [6.07, 6.45) is 1.87. The number of fused-ring (bicyclic) bond motifs is 1. The van der Waals surface area contributed by atoms with Gasteiger partial charge in [-0.2, -0.15) is 0 Å². The third kappa shape index (κ3) is 2.99. The fourth-order valence-electron chi connectivity index (χ4n) is 2.14. The Morgan fingerprint density at radius 3 is 2.70 bits per heavy atom. The molecule has 20 heavy (non-hydrogen) atoms. The fraction of sp³-hybridized carbons (Fsp3) is 0.333. The number of likely N-dealkylation sites (N-methyl/N-ethyl adjacent to an activating group) is 1. The number of carbonyl (C=O) groups is 2. The van der Waals surface area contributed by atoms with Crippen LogP contribution in [-0.2, 0) is 16.1 Å². The molecular formula is C15H18N2O3. The summed E-state index contributed by atoms with van der Waals surface area (Å²) in [5.41, 5.74) is 1.00. The van der Waals surface area contributed by atoms with Crippen LogP contribution in [0.2, 0.25) is 0 Å². The first-order valence-corrected chi connectivity index (χ1v) is 6.49. The number of rotatable bonds is 5. The fourth-order valence-corrected chi connectivity index (χ4v) is 2.14. The van der Waals surface area contributed by atoms with Gasteiger partial charge >= 0.3 is 5.97 Å². The predicted molar refractivity (Wildman–Crippen MR) is 76.4 cm³/mol. The van der Waals surface area contributed by atoms with E-state index in [2.05, 4.69) is 0 Å². The van der Waals surface area contributed by atoms with Crippen molar-refractivity contribution in [3.05, 3.63) is 36.5 Å². The second-order valence-electron chi connectivity index (χ2n) is 5.02. The molecule has 1 unspecified atom stereocenters. The van der Waals surface area contributed by atoms with Crippen LogP contribution in [0.4, 0.5) is 0 Å². The van der Waals surface area contributed by atoms with Crippen LogP contribution in [0.5, 0.6) is 0 Å². The number of para-hydroxylation sites is 1. The van der Waals surface area contributed by atoms with E-state index in [1.807, 2.05) is 41.1 Å². The molecule has 0 spiro atoms. The number of benzene rings is 1. The molecular weight excluding hydrogens is 256 g/mol. The third-order valence-corrected chi connectivity index (χ3v) is 3.38. The molecule has 0 saturated heterocycles. The second-order valence-corrected chi connectivity index (χ2v) is 5.02. The van der Waals surface area contributed by atoms with E-state index in [1.165, 1.54) is 4.90 Å². The molecule has 1 aromatic carbocycles. The van der Waals surface area contributed by atoms with Gasteiger partial charge in [-0.1, -0.05) is 25.1 Å². The van der Waals surface area contributed by atoms with Crippen LogP contribution in [-0.4, -0.2) is 40.0 Å². The van der Waals surface area contributed by atoms with Gasteiger partial charge in [-0.25, -0.2) is 0 Å². The molecule has 0 bridgehead atoms. The largest absolute Gasteiger partial charge is 0.481 e. The highest BCUT2D eigenvalue weighted by molar-refractivity contribution is 5.83. The maximum Gasteiger partial charge on any atom is 0.308 e. The van der Waals surface area contributed by atoms with Gasteiger partial charge in [0.15, 0.2) is 0 Å². The Morgan fingerprint density at radius 2 is 2.00 bits per heavy atom. The van der Waals surface area contributed by atoms with Crippen molar-refractivity contribution in [2.24, 2.45) is 5.92 Å². The molecule has 0 saturated carbocycles. The Kier molecular flexibility index (Phi) is 4.08. The standard InChI is InChI=1S/C15H18N2O3/c1-11(15(19)20)9-16(2)14(18)10-17-8-7-12-5-3-4-6-13(12)17/h3-8,11H,9-10H2,1-2H3,(H,19,20). The molecule has 1 atom stereocenters. The van der Waals surface area contributed by atoms with E-state index in [-0.39, 0.29) is 19.0 Å². The van der Waals surface area contributed by atoms with Crippen LogP contribution in [0, 0.1) is 5.92 Å². The highest BCUT2D eigenvalue weighted by atomic mass is 16.4. The first-order valence-electron chi connectivity index (χ1n) is 6.49. The van der Waals surface area contributed by atoms with Crippen LogP contribution in [0.1, 0.15) is 6.92 Å². The first-order chi connectivity index (χ1) is 9.49. The molecule has 1 N–H and O–H groups in total. The summed E-state index contributed by atoms with van der Waals surface area (Å²) >= 11 is 0. The predicted octanol–water partition coefficient (Wildman–Crippen LogP) is 1.82. The Labute approximate surface area is 117 Å². The van der Waals surface area contributed by atoms with Crippen molar-refractivity contribution in [1.29, 1.82) is 0 Å². The highest BCUT2D eigenvalue weighted by Crippen LogP contribution is 2.15. The van der Waals surface area contributed by atoms with Crippen molar-refractivity contribution in [2.75, 3.05) is 13.6 Å². The van der Waals surface area contributed by atoms with Gasteiger partial charge in [-0.3, -0.25) is 9.59 Å². The van der Waals surface area contributed by atoms with Crippen molar-refractivity contribution in [3.63, 3.8) is 0 Å². The van der Waals surface area contributed by atoms with E-state index in [1.54, 1.807) is 14.0 Å². The van der Waals surface area contributed by atoms with E-state index in [0.717, 1.165) is 10.9 Å². The number of carboxylic acids is 1. The Hall–Kier alpha value is -2.30.